The maximum absolute atomic E-state index is 13.3. The van der Waals surface area contributed by atoms with Crippen molar-refractivity contribution in [1.82, 2.24) is 14.6 Å². The van der Waals surface area contributed by atoms with Gasteiger partial charge in [0.05, 0.1) is 12.8 Å². The SMILES string of the molecule is COc1ccccc1-n1c(SC(Cl)Cl)nn(F)c1=O. The largest absolute Gasteiger partial charge is 0.495 e. The minimum absolute atomic E-state index is 0.0343. The maximum Gasteiger partial charge on any atom is 0.380 e. The molecule has 9 heteroatoms. The molecule has 0 saturated carbocycles. The van der Waals surface area contributed by atoms with Crippen molar-refractivity contribution in [3.63, 3.8) is 0 Å². The summed E-state index contributed by atoms with van der Waals surface area (Å²) in [5, 5.41) is 3.48. The zero-order valence-corrected chi connectivity index (χ0v) is 11.9. The van der Waals surface area contributed by atoms with Gasteiger partial charge in [0.2, 0.25) is 5.16 Å². The van der Waals surface area contributed by atoms with Crippen molar-refractivity contribution >= 4 is 35.0 Å². The van der Waals surface area contributed by atoms with Gasteiger partial charge in [-0.3, -0.25) is 0 Å². The van der Waals surface area contributed by atoms with Crippen LogP contribution in [-0.2, 0) is 0 Å². The highest BCUT2D eigenvalue weighted by molar-refractivity contribution is 8.02. The van der Waals surface area contributed by atoms with Gasteiger partial charge in [0, 0.05) is 0 Å². The Bertz CT molecular complexity index is 644. The van der Waals surface area contributed by atoms with Crippen LogP contribution in [0.1, 0.15) is 0 Å². The monoisotopic (exact) mass is 323 g/mol. The molecule has 1 aromatic carbocycles. The predicted octanol–water partition coefficient (Wildman–Crippen LogP) is 2.63. The number of alkyl halides is 2. The number of hydrogen-bond donors (Lipinski definition) is 0. The summed E-state index contributed by atoms with van der Waals surface area (Å²) in [5.41, 5.74) is -0.601. The smallest absolute Gasteiger partial charge is 0.380 e. The van der Waals surface area contributed by atoms with Crippen LogP contribution in [0.25, 0.3) is 5.69 Å². The van der Waals surface area contributed by atoms with E-state index in [2.05, 4.69) is 5.10 Å². The summed E-state index contributed by atoms with van der Waals surface area (Å²) in [6, 6.07) is 6.66. The molecule has 2 rings (SSSR count). The van der Waals surface area contributed by atoms with Gasteiger partial charge >= 0.3 is 5.69 Å². The summed E-state index contributed by atoms with van der Waals surface area (Å²) in [6.45, 7) is 0. The molecule has 19 heavy (non-hydrogen) atoms. The number of ether oxygens (including phenoxy) is 1. The molecule has 0 amide bonds. The van der Waals surface area contributed by atoms with Gasteiger partial charge < -0.3 is 4.74 Å². The minimum atomic E-state index is -0.957. The Morgan fingerprint density at radius 3 is 2.74 bits per heavy atom. The average Bonchev–Trinajstić information content (AvgIpc) is 2.64. The molecule has 0 aliphatic heterocycles. The van der Waals surface area contributed by atoms with E-state index in [-0.39, 0.29) is 10.1 Å². The first-order chi connectivity index (χ1) is 9.04. The summed E-state index contributed by atoms with van der Waals surface area (Å²) in [6.07, 6.45) is 0. The van der Waals surface area contributed by atoms with Crippen molar-refractivity contribution in [2.75, 3.05) is 7.11 Å². The van der Waals surface area contributed by atoms with Crippen molar-refractivity contribution in [3.05, 3.63) is 34.7 Å². The number of methoxy groups -OCH3 is 1. The standard InChI is InChI=1S/C10H8Cl2FN3O2S/c1-18-7-5-3-2-4-6(7)15-9(19-8(11)12)14-16(13)10(15)17/h2-5,8H,1H3. The van der Waals surface area contributed by atoms with Crippen molar-refractivity contribution < 1.29 is 9.22 Å². The van der Waals surface area contributed by atoms with E-state index in [4.69, 9.17) is 27.9 Å². The van der Waals surface area contributed by atoms with E-state index >= 15 is 0 Å². The number of halogens is 3. The van der Waals surface area contributed by atoms with Gasteiger partial charge in [0.15, 0.2) is 4.17 Å². The van der Waals surface area contributed by atoms with Crippen LogP contribution in [0, 0.1) is 0 Å². The molecule has 1 heterocycles. The highest BCUT2D eigenvalue weighted by Crippen LogP contribution is 2.30. The van der Waals surface area contributed by atoms with E-state index in [9.17, 15) is 9.28 Å². The molecule has 0 aliphatic rings. The van der Waals surface area contributed by atoms with E-state index in [0.29, 0.717) is 11.4 Å². The predicted molar refractivity (Wildman–Crippen MR) is 72.2 cm³/mol. The average molecular weight is 324 g/mol. The van der Waals surface area contributed by atoms with Crippen molar-refractivity contribution in [3.8, 4) is 11.4 Å². The number of hydrogen-bond acceptors (Lipinski definition) is 4. The van der Waals surface area contributed by atoms with Crippen LogP contribution in [0.2, 0.25) is 0 Å². The quantitative estimate of drug-likeness (QED) is 0.641. The van der Waals surface area contributed by atoms with Gasteiger partial charge in [-0.05, 0) is 28.8 Å². The summed E-state index contributed by atoms with van der Waals surface area (Å²) in [5.74, 6) is 0.403. The lowest BCUT2D eigenvalue weighted by Crippen LogP contribution is -2.20. The Balaban J connectivity index is 2.63. The summed E-state index contributed by atoms with van der Waals surface area (Å²) >= 11 is 12.1. The van der Waals surface area contributed by atoms with Crippen LogP contribution in [0.4, 0.5) is 4.48 Å². The van der Waals surface area contributed by atoms with Gasteiger partial charge in [-0.25, -0.2) is 9.36 Å². The lowest BCUT2D eigenvalue weighted by atomic mass is 10.3. The van der Waals surface area contributed by atoms with Crippen LogP contribution >= 0.6 is 35.0 Å². The van der Waals surface area contributed by atoms with Crippen LogP contribution in [0.15, 0.2) is 34.2 Å². The molecule has 0 aliphatic carbocycles. The minimum Gasteiger partial charge on any atom is -0.495 e. The van der Waals surface area contributed by atoms with Crippen LogP contribution in [0.3, 0.4) is 0 Å². The third-order valence-corrected chi connectivity index (χ3v) is 3.42. The first-order valence-corrected chi connectivity index (χ1v) is 6.76. The molecule has 0 atom stereocenters. The molecule has 0 bridgehead atoms. The fourth-order valence-electron chi connectivity index (χ4n) is 1.50. The summed E-state index contributed by atoms with van der Waals surface area (Å²) in [7, 11) is 1.45. The van der Waals surface area contributed by atoms with Crippen LogP contribution < -0.4 is 10.4 Å². The molecule has 0 radical (unpaired) electrons. The second kappa shape index (κ2) is 5.85. The fourth-order valence-corrected chi connectivity index (χ4v) is 2.54. The van der Waals surface area contributed by atoms with E-state index in [0.717, 1.165) is 16.3 Å². The topological polar surface area (TPSA) is 49.0 Å². The van der Waals surface area contributed by atoms with Gasteiger partial charge in [-0.15, -0.1) is 5.10 Å². The number of rotatable bonds is 4. The van der Waals surface area contributed by atoms with Crippen molar-refractivity contribution in [2.45, 2.75) is 9.32 Å². The molecule has 0 spiro atoms. The highest BCUT2D eigenvalue weighted by atomic mass is 35.5. The van der Waals surface area contributed by atoms with Crippen molar-refractivity contribution in [1.29, 1.82) is 0 Å². The van der Waals surface area contributed by atoms with Gasteiger partial charge in [0.1, 0.15) is 5.75 Å². The Hall–Kier alpha value is -1.18. The van der Waals surface area contributed by atoms with E-state index < -0.39 is 9.86 Å². The number of nitrogens with zero attached hydrogens (tertiary/aromatic N) is 3. The zero-order valence-electron chi connectivity index (χ0n) is 9.59. The fraction of sp³-hybridized carbons (Fsp3) is 0.200. The number of thioether (sulfide) groups is 1. The number of para-hydroxylation sites is 2. The second-order valence-electron chi connectivity index (χ2n) is 3.31. The summed E-state index contributed by atoms with van der Waals surface area (Å²) in [4.78, 5) is 11.5. The first kappa shape index (κ1) is 14.2. The molecule has 0 saturated heterocycles. The van der Waals surface area contributed by atoms with Crippen molar-refractivity contribution in [2.24, 2.45) is 0 Å². The zero-order chi connectivity index (χ0) is 14.0. The summed E-state index contributed by atoms with van der Waals surface area (Å²) < 4.78 is 18.6. The molecular formula is C10H8Cl2FN3O2S. The third-order valence-electron chi connectivity index (χ3n) is 2.23. The molecule has 0 fully saturated rings. The normalized spacial score (nSPS) is 11.0. The lowest BCUT2D eigenvalue weighted by molar-refractivity contribution is 0.296. The Morgan fingerprint density at radius 2 is 2.11 bits per heavy atom. The van der Waals surface area contributed by atoms with Crippen LogP contribution in [-0.4, -0.2) is 25.8 Å². The van der Waals surface area contributed by atoms with Crippen LogP contribution in [0.5, 0.6) is 5.75 Å². The number of benzene rings is 1. The Morgan fingerprint density at radius 1 is 1.42 bits per heavy atom. The van der Waals surface area contributed by atoms with Gasteiger partial charge in [0.25, 0.3) is 0 Å². The molecular weight excluding hydrogens is 316 g/mol. The Kier molecular flexibility index (Phi) is 4.38. The molecule has 1 aromatic heterocycles. The van der Waals surface area contributed by atoms with E-state index in [1.54, 1.807) is 24.3 Å². The highest BCUT2D eigenvalue weighted by Gasteiger charge is 2.20. The Labute approximate surface area is 121 Å². The van der Waals surface area contributed by atoms with Gasteiger partial charge in [-0.2, -0.15) is 0 Å². The third kappa shape index (κ3) is 2.88. The molecule has 2 aromatic rings. The second-order valence-corrected chi connectivity index (χ2v) is 6.00. The van der Waals surface area contributed by atoms with E-state index in [1.807, 2.05) is 0 Å². The molecule has 0 N–H and O–H groups in total. The first-order valence-electron chi connectivity index (χ1n) is 5.01. The maximum atomic E-state index is 13.3. The van der Waals surface area contributed by atoms with Gasteiger partial charge in [-0.1, -0.05) is 39.8 Å². The molecule has 5 nitrogen and oxygen atoms in total. The van der Waals surface area contributed by atoms with E-state index in [1.165, 1.54) is 7.11 Å². The number of aromatic nitrogens is 3. The molecule has 0 unspecified atom stereocenters. The lowest BCUT2D eigenvalue weighted by Gasteiger charge is -2.09. The molecule has 102 valence electrons.